The molecule has 0 unspecified atom stereocenters. The molecule has 30 heavy (non-hydrogen) atoms. The number of hydrogen-bond acceptors (Lipinski definition) is 4. The minimum absolute atomic E-state index is 0.0330. The molecule has 156 valence electrons. The van der Waals surface area contributed by atoms with Crippen molar-refractivity contribution in [3.05, 3.63) is 74.8 Å². The highest BCUT2D eigenvalue weighted by Gasteiger charge is 2.19. The maximum absolute atomic E-state index is 13.2. The molecule has 1 fully saturated rings. The van der Waals surface area contributed by atoms with Gasteiger partial charge in [0.1, 0.15) is 12.4 Å². The lowest BCUT2D eigenvalue weighted by Gasteiger charge is -2.23. The Morgan fingerprint density at radius 2 is 1.80 bits per heavy atom. The highest BCUT2D eigenvalue weighted by molar-refractivity contribution is 5.79. The van der Waals surface area contributed by atoms with Gasteiger partial charge < -0.3 is 5.32 Å². The first-order valence-corrected chi connectivity index (χ1v) is 10.1. The Hall–Kier alpha value is -3.29. The van der Waals surface area contributed by atoms with Crippen LogP contribution in [0, 0.1) is 5.82 Å². The average Bonchev–Trinajstić information content (AvgIpc) is 2.76. The number of nitrogens with zero attached hydrogens (tertiary/aromatic N) is 3. The van der Waals surface area contributed by atoms with Crippen LogP contribution < -0.4 is 16.6 Å². The molecule has 0 radical (unpaired) electrons. The molecule has 1 saturated carbocycles. The van der Waals surface area contributed by atoms with Crippen molar-refractivity contribution in [1.82, 2.24) is 19.4 Å². The van der Waals surface area contributed by atoms with E-state index in [9.17, 15) is 18.8 Å². The third-order valence-electron chi connectivity index (χ3n) is 5.51. The number of hydrogen-bond donors (Lipinski definition) is 1. The summed E-state index contributed by atoms with van der Waals surface area (Å²) >= 11 is 0. The summed E-state index contributed by atoms with van der Waals surface area (Å²) in [6, 6.07) is 8.94. The maximum atomic E-state index is 13.2. The number of nitrogens with one attached hydrogen (secondary N) is 1. The predicted molar refractivity (Wildman–Crippen MR) is 111 cm³/mol. The third-order valence-corrected chi connectivity index (χ3v) is 5.51. The molecule has 3 aromatic rings. The van der Waals surface area contributed by atoms with Crippen molar-refractivity contribution in [3.8, 4) is 0 Å². The van der Waals surface area contributed by atoms with Crippen LogP contribution in [0.4, 0.5) is 4.39 Å². The number of amides is 1. The smallest absolute Gasteiger partial charge is 0.332 e. The Morgan fingerprint density at radius 1 is 1.07 bits per heavy atom. The van der Waals surface area contributed by atoms with E-state index < -0.39 is 17.1 Å². The molecule has 1 amide bonds. The molecule has 8 heteroatoms. The van der Waals surface area contributed by atoms with E-state index in [2.05, 4.69) is 10.3 Å². The number of benzene rings is 1. The molecule has 0 aliphatic heterocycles. The van der Waals surface area contributed by atoms with E-state index in [0.717, 1.165) is 30.3 Å². The number of pyridine rings is 1. The molecule has 2 heterocycles. The molecule has 1 aliphatic rings. The van der Waals surface area contributed by atoms with Crippen LogP contribution in [0.5, 0.6) is 0 Å². The summed E-state index contributed by atoms with van der Waals surface area (Å²) in [5.41, 5.74) is -0.0945. The SMILES string of the molecule is O=C(Cn1c(=O)n(Cc2ccc(F)cc2)c(=O)c2ncccc21)NC1CCCCC1. The first-order valence-electron chi connectivity index (χ1n) is 10.1. The van der Waals surface area contributed by atoms with Crippen LogP contribution in [0.2, 0.25) is 0 Å². The van der Waals surface area contributed by atoms with Crippen molar-refractivity contribution >= 4 is 16.9 Å². The van der Waals surface area contributed by atoms with E-state index in [4.69, 9.17) is 0 Å². The molecule has 0 bridgehead atoms. The standard InChI is InChI=1S/C22H23FN4O3/c23-16-10-8-15(9-11-16)13-27-21(29)20-18(7-4-12-24-20)26(22(27)30)14-19(28)25-17-5-2-1-3-6-17/h4,7-12,17H,1-3,5-6,13-14H2,(H,25,28). The molecular formula is C22H23FN4O3. The molecule has 0 spiro atoms. The van der Waals surface area contributed by atoms with Crippen LogP contribution in [-0.4, -0.2) is 26.1 Å². The van der Waals surface area contributed by atoms with Gasteiger partial charge in [0.25, 0.3) is 5.56 Å². The van der Waals surface area contributed by atoms with Crippen molar-refractivity contribution in [2.45, 2.75) is 51.2 Å². The third kappa shape index (κ3) is 4.17. The number of carbonyl (C=O) groups is 1. The number of aromatic nitrogens is 3. The van der Waals surface area contributed by atoms with Gasteiger partial charge >= 0.3 is 5.69 Å². The fourth-order valence-electron chi connectivity index (χ4n) is 3.97. The highest BCUT2D eigenvalue weighted by Crippen LogP contribution is 2.17. The van der Waals surface area contributed by atoms with Gasteiger partial charge in [-0.2, -0.15) is 0 Å². The van der Waals surface area contributed by atoms with Gasteiger partial charge in [-0.15, -0.1) is 0 Å². The highest BCUT2D eigenvalue weighted by atomic mass is 19.1. The summed E-state index contributed by atoms with van der Waals surface area (Å²) in [6.07, 6.45) is 6.69. The number of carbonyl (C=O) groups excluding carboxylic acids is 1. The second kappa shape index (κ2) is 8.61. The van der Waals surface area contributed by atoms with Crippen LogP contribution in [-0.2, 0) is 17.9 Å². The summed E-state index contributed by atoms with van der Waals surface area (Å²) in [5, 5.41) is 3.00. The van der Waals surface area contributed by atoms with E-state index >= 15 is 0 Å². The predicted octanol–water partition coefficient (Wildman–Crippen LogP) is 2.19. The van der Waals surface area contributed by atoms with E-state index in [0.29, 0.717) is 11.1 Å². The van der Waals surface area contributed by atoms with E-state index in [-0.39, 0.29) is 30.6 Å². The van der Waals surface area contributed by atoms with Crippen molar-refractivity contribution < 1.29 is 9.18 Å². The zero-order chi connectivity index (χ0) is 21.1. The minimum atomic E-state index is -0.594. The number of rotatable bonds is 5. The largest absolute Gasteiger partial charge is 0.352 e. The summed E-state index contributed by atoms with van der Waals surface area (Å²) in [5.74, 6) is -0.663. The van der Waals surface area contributed by atoms with Gasteiger partial charge in [-0.25, -0.2) is 14.2 Å². The normalized spacial score (nSPS) is 14.7. The van der Waals surface area contributed by atoms with Gasteiger partial charge in [-0.3, -0.25) is 18.7 Å². The van der Waals surface area contributed by atoms with Crippen molar-refractivity contribution in [2.24, 2.45) is 0 Å². The zero-order valence-corrected chi connectivity index (χ0v) is 16.5. The lowest BCUT2D eigenvalue weighted by Crippen LogP contribution is -2.44. The molecular weight excluding hydrogens is 387 g/mol. The summed E-state index contributed by atoms with van der Waals surface area (Å²) in [6.45, 7) is -0.226. The first-order chi connectivity index (χ1) is 14.5. The summed E-state index contributed by atoms with van der Waals surface area (Å²) < 4.78 is 15.5. The first kappa shape index (κ1) is 20.0. The Labute approximate surface area is 172 Å². The van der Waals surface area contributed by atoms with Crippen LogP contribution >= 0.6 is 0 Å². The minimum Gasteiger partial charge on any atom is -0.352 e. The second-order valence-corrected chi connectivity index (χ2v) is 7.66. The monoisotopic (exact) mass is 410 g/mol. The average molecular weight is 410 g/mol. The van der Waals surface area contributed by atoms with Crippen molar-refractivity contribution in [2.75, 3.05) is 0 Å². The molecule has 1 aliphatic carbocycles. The number of fused-ring (bicyclic) bond motifs is 1. The van der Waals surface area contributed by atoms with Gasteiger partial charge in [0, 0.05) is 12.2 Å². The molecule has 2 aromatic heterocycles. The maximum Gasteiger partial charge on any atom is 0.332 e. The van der Waals surface area contributed by atoms with Crippen LogP contribution in [0.1, 0.15) is 37.7 Å². The topological polar surface area (TPSA) is 86.0 Å². The van der Waals surface area contributed by atoms with Crippen molar-refractivity contribution in [1.29, 1.82) is 0 Å². The lowest BCUT2D eigenvalue weighted by molar-refractivity contribution is -0.122. The number of halogens is 1. The van der Waals surface area contributed by atoms with E-state index in [1.54, 1.807) is 12.1 Å². The second-order valence-electron chi connectivity index (χ2n) is 7.66. The Kier molecular flexibility index (Phi) is 5.74. The Bertz CT molecular complexity index is 1180. The Balaban J connectivity index is 1.70. The quantitative estimate of drug-likeness (QED) is 0.699. The van der Waals surface area contributed by atoms with Gasteiger partial charge in [-0.1, -0.05) is 31.4 Å². The van der Waals surface area contributed by atoms with Gasteiger partial charge in [-0.05, 0) is 42.7 Å². The lowest BCUT2D eigenvalue weighted by atomic mass is 9.95. The molecule has 0 saturated heterocycles. The molecule has 1 aromatic carbocycles. The zero-order valence-electron chi connectivity index (χ0n) is 16.5. The fraction of sp³-hybridized carbons (Fsp3) is 0.364. The van der Waals surface area contributed by atoms with Crippen molar-refractivity contribution in [3.63, 3.8) is 0 Å². The van der Waals surface area contributed by atoms with E-state index in [1.165, 1.54) is 41.5 Å². The summed E-state index contributed by atoms with van der Waals surface area (Å²) in [4.78, 5) is 42.8. The molecule has 1 N–H and O–H groups in total. The van der Waals surface area contributed by atoms with Crippen LogP contribution in [0.15, 0.2) is 52.2 Å². The fourth-order valence-corrected chi connectivity index (χ4v) is 3.97. The van der Waals surface area contributed by atoms with Gasteiger partial charge in [0.05, 0.1) is 12.1 Å². The van der Waals surface area contributed by atoms with Gasteiger partial charge in [0.15, 0.2) is 5.52 Å². The van der Waals surface area contributed by atoms with E-state index in [1.807, 2.05) is 0 Å². The Morgan fingerprint density at radius 3 is 2.53 bits per heavy atom. The molecule has 7 nitrogen and oxygen atoms in total. The van der Waals surface area contributed by atoms with Crippen LogP contribution in [0.25, 0.3) is 11.0 Å². The van der Waals surface area contributed by atoms with Crippen LogP contribution in [0.3, 0.4) is 0 Å². The van der Waals surface area contributed by atoms with Gasteiger partial charge in [0.2, 0.25) is 5.91 Å². The molecule has 0 atom stereocenters. The molecule has 4 rings (SSSR count). The summed E-state index contributed by atoms with van der Waals surface area (Å²) in [7, 11) is 0.